The maximum Gasteiger partial charge on any atom is 0.217 e. The lowest BCUT2D eigenvalue weighted by Crippen LogP contribution is -2.70. The van der Waals surface area contributed by atoms with E-state index >= 15 is 0 Å². The fraction of sp³-hybridized carbons (Fsp3) is 0.957. The van der Waals surface area contributed by atoms with E-state index in [-0.39, 0.29) is 0 Å². The fourth-order valence-electron chi connectivity index (χ4n) is 10.6. The van der Waals surface area contributed by atoms with Gasteiger partial charge in [-0.2, -0.15) is 0 Å². The highest BCUT2D eigenvalue weighted by molar-refractivity contribution is 5.73. The number of nitrogens with one attached hydrogen (secondary N) is 2. The van der Waals surface area contributed by atoms with E-state index in [0.29, 0.717) is 0 Å². The fourth-order valence-corrected chi connectivity index (χ4v) is 10.6. The number of hydrogen-bond donors (Lipinski definition) is 23. The second-order valence-corrected chi connectivity index (χ2v) is 21.1. The van der Waals surface area contributed by atoms with Crippen LogP contribution in [0.5, 0.6) is 0 Å². The smallest absolute Gasteiger partial charge is 0.217 e. The maximum absolute atomic E-state index is 12.7. The van der Waals surface area contributed by atoms with Crippen LogP contribution in [0.1, 0.15) is 13.8 Å². The van der Waals surface area contributed by atoms with E-state index in [0.717, 1.165) is 13.8 Å². The highest BCUT2D eigenvalue weighted by Gasteiger charge is 2.58. The topological polar surface area (TPSA) is 603 Å². The van der Waals surface area contributed by atoms with Crippen LogP contribution in [0.25, 0.3) is 0 Å². The Balaban J connectivity index is 1.17. The molecule has 0 aromatic carbocycles. The van der Waals surface area contributed by atoms with Crippen molar-refractivity contribution in [3.8, 4) is 0 Å². The standard InChI is InChI=1S/C46H78N2O36/c1-10(54)47-19-26(61)36(15(6-52)74-40(19)71)81-41-20(48-11(2)55)27(62)37(16(7-53)78-41)82-45-35(70)38(83-46-39(31(66)23(58)14(5-51)77-46)84-44-34(69)29(64)22(57)13(4-50)76-44)25(60)18(80-45)9-73-43-33(68)30(65)24(59)17(79-43)8-72-42-32(67)28(63)21(56)12(3-49)75-42/h12-46,49-53,56-71H,3-9H2,1-2H3,(H,47,54)(H,48,55)/t12-,13-,14-,15-,16-,17-,18-,19-,20-,21-,22-,23-,24-,25-,26-,27-,28+,29+,30+,31+,32+,33+,34+,35+,36-,37-,38+,39+,40?,41+,42+,43+,44-,45+,46-/m1/s1. The molecule has 7 saturated heterocycles. The molecular weight excluding hydrogens is 1160 g/mol. The normalized spacial score (nSPS) is 50.3. The van der Waals surface area contributed by atoms with Gasteiger partial charge in [-0.3, -0.25) is 9.59 Å². The predicted octanol–water partition coefficient (Wildman–Crippen LogP) is -16.0. The Kier molecular flexibility index (Phi) is 24.6. The zero-order chi connectivity index (χ0) is 61.9. The average molecular weight is 1240 g/mol. The first kappa shape index (κ1) is 69.1. The number of aliphatic hydroxyl groups is 21. The van der Waals surface area contributed by atoms with Crippen molar-refractivity contribution in [1.29, 1.82) is 0 Å². The van der Waals surface area contributed by atoms with Crippen LogP contribution >= 0.6 is 0 Å². The van der Waals surface area contributed by atoms with E-state index in [4.69, 9.17) is 61.6 Å². The number of carbonyl (C=O) groups excluding carboxylic acids is 2. The summed E-state index contributed by atoms with van der Waals surface area (Å²) in [6, 6.07) is -3.39. The van der Waals surface area contributed by atoms with E-state index in [1.54, 1.807) is 0 Å². The van der Waals surface area contributed by atoms with Crippen LogP contribution in [-0.4, -0.2) is 380 Å². The second-order valence-electron chi connectivity index (χ2n) is 21.1. The molecule has 1 unspecified atom stereocenters. The molecule has 488 valence electrons. The number of amides is 2. The maximum atomic E-state index is 12.7. The summed E-state index contributed by atoms with van der Waals surface area (Å²) in [4.78, 5) is 24.7. The summed E-state index contributed by atoms with van der Waals surface area (Å²) in [5.41, 5.74) is 0. The zero-order valence-corrected chi connectivity index (χ0v) is 44.7. The van der Waals surface area contributed by atoms with Crippen LogP contribution < -0.4 is 10.6 Å². The van der Waals surface area contributed by atoms with Gasteiger partial charge in [0.15, 0.2) is 44.0 Å². The highest BCUT2D eigenvalue weighted by atomic mass is 16.8. The first-order valence-corrected chi connectivity index (χ1v) is 26.6. The van der Waals surface area contributed by atoms with E-state index in [1.165, 1.54) is 0 Å². The summed E-state index contributed by atoms with van der Waals surface area (Å²) >= 11 is 0. The molecule has 0 aromatic heterocycles. The SMILES string of the molecule is CC(=O)N[C@H]1[C@H](O[C@H]2[C@H](O)[C@@H](NC(C)=O)C(O)O[C@@H]2CO)O[C@H](CO)[C@@H](O[C@@H]2O[C@H](CO[C@H]3O[C@H](CO[C@H]4O[C@H](CO)[C@@H](O)[C@H](O)[C@@H]4O)[C@@H](O)[C@H](O)[C@@H]3O)[C@@H](O)[C@H](O[C@H]3O[C@H](CO)[C@@H](O)[C@H](O)[C@@H]3O[C@H]3O[C@H](CO)[C@@H](O)[C@H](O)[C@@H]3O)[C@@H]2O)[C@@H]1O. The molecular formula is C46H78N2O36. The Morgan fingerprint density at radius 3 is 1.14 bits per heavy atom. The Morgan fingerprint density at radius 1 is 0.310 bits per heavy atom. The van der Waals surface area contributed by atoms with Gasteiger partial charge >= 0.3 is 0 Å². The number of carbonyl (C=O) groups is 2. The summed E-state index contributed by atoms with van der Waals surface area (Å²) in [7, 11) is 0. The van der Waals surface area contributed by atoms with Crippen LogP contribution in [0.15, 0.2) is 0 Å². The molecule has 23 N–H and O–H groups in total. The minimum atomic E-state index is -2.40. The molecule has 35 atom stereocenters. The van der Waals surface area contributed by atoms with Gasteiger partial charge in [0.25, 0.3) is 0 Å². The van der Waals surface area contributed by atoms with Gasteiger partial charge in [-0.05, 0) is 0 Å². The summed E-state index contributed by atoms with van der Waals surface area (Å²) in [5, 5.41) is 231. The Bertz CT molecular complexity index is 2060. The summed E-state index contributed by atoms with van der Waals surface area (Å²) in [6.45, 7) is -4.73. The molecule has 0 aliphatic carbocycles. The minimum Gasteiger partial charge on any atom is -0.394 e. The van der Waals surface area contributed by atoms with E-state index in [1.807, 2.05) is 0 Å². The average Bonchev–Trinajstić information content (AvgIpc) is 2.93. The van der Waals surface area contributed by atoms with Crippen molar-refractivity contribution in [2.45, 2.75) is 229 Å². The molecule has 0 aromatic rings. The molecule has 7 aliphatic rings. The van der Waals surface area contributed by atoms with E-state index in [2.05, 4.69) is 10.6 Å². The first-order valence-electron chi connectivity index (χ1n) is 26.6. The molecule has 2 amide bonds. The van der Waals surface area contributed by atoms with Crippen molar-refractivity contribution in [2.24, 2.45) is 0 Å². The van der Waals surface area contributed by atoms with Crippen molar-refractivity contribution in [3.05, 3.63) is 0 Å². The lowest BCUT2D eigenvalue weighted by Gasteiger charge is -2.50. The van der Waals surface area contributed by atoms with Gasteiger partial charge in [0, 0.05) is 13.8 Å². The van der Waals surface area contributed by atoms with E-state index in [9.17, 15) is 117 Å². The van der Waals surface area contributed by atoms with Crippen LogP contribution in [0, 0.1) is 0 Å². The van der Waals surface area contributed by atoms with Gasteiger partial charge < -0.3 is 179 Å². The van der Waals surface area contributed by atoms with Crippen molar-refractivity contribution in [2.75, 3.05) is 46.2 Å². The summed E-state index contributed by atoms with van der Waals surface area (Å²) in [5.74, 6) is -1.62. The molecule has 0 saturated carbocycles. The largest absolute Gasteiger partial charge is 0.394 e. The molecule has 0 spiro atoms. The van der Waals surface area contributed by atoms with E-state index < -0.39 is 273 Å². The zero-order valence-electron chi connectivity index (χ0n) is 44.7. The summed E-state index contributed by atoms with van der Waals surface area (Å²) in [6.07, 6.45) is -65.2. The Labute approximate surface area is 475 Å². The van der Waals surface area contributed by atoms with Gasteiger partial charge in [0.1, 0.15) is 171 Å². The molecule has 38 heteroatoms. The van der Waals surface area contributed by atoms with Crippen LogP contribution in [0.3, 0.4) is 0 Å². The van der Waals surface area contributed by atoms with Crippen LogP contribution in [-0.2, 0) is 71.2 Å². The molecule has 0 bridgehead atoms. The van der Waals surface area contributed by atoms with Gasteiger partial charge in [0.2, 0.25) is 11.8 Å². The second kappa shape index (κ2) is 29.9. The van der Waals surface area contributed by atoms with Crippen molar-refractivity contribution in [3.63, 3.8) is 0 Å². The van der Waals surface area contributed by atoms with Gasteiger partial charge in [0.05, 0.1) is 46.2 Å². The van der Waals surface area contributed by atoms with Gasteiger partial charge in [-0.1, -0.05) is 0 Å². The molecule has 0 radical (unpaired) electrons. The number of rotatable bonds is 21. The molecule has 84 heavy (non-hydrogen) atoms. The van der Waals surface area contributed by atoms with Crippen LogP contribution in [0.2, 0.25) is 0 Å². The van der Waals surface area contributed by atoms with Crippen molar-refractivity contribution < 1.29 is 178 Å². The molecule has 7 fully saturated rings. The van der Waals surface area contributed by atoms with Gasteiger partial charge in [-0.15, -0.1) is 0 Å². The van der Waals surface area contributed by atoms with Gasteiger partial charge in [-0.25, -0.2) is 0 Å². The predicted molar refractivity (Wildman–Crippen MR) is 255 cm³/mol. The highest BCUT2D eigenvalue weighted by Crippen LogP contribution is 2.37. The lowest BCUT2D eigenvalue weighted by molar-refractivity contribution is -0.398. The third kappa shape index (κ3) is 14.9. The number of hydrogen-bond acceptors (Lipinski definition) is 36. The third-order valence-corrected chi connectivity index (χ3v) is 15.3. The first-order chi connectivity index (χ1) is 39.7. The molecule has 38 nitrogen and oxygen atoms in total. The minimum absolute atomic E-state index is 0.742. The summed E-state index contributed by atoms with van der Waals surface area (Å²) < 4.78 is 74.4. The molecule has 7 rings (SSSR count). The quantitative estimate of drug-likeness (QED) is 0.0507. The Hall–Kier alpha value is -2.42. The lowest BCUT2D eigenvalue weighted by atomic mass is 9.94. The van der Waals surface area contributed by atoms with Crippen molar-refractivity contribution in [1.82, 2.24) is 10.6 Å². The van der Waals surface area contributed by atoms with Crippen molar-refractivity contribution >= 4 is 11.8 Å². The Morgan fingerprint density at radius 2 is 0.643 bits per heavy atom. The molecule has 7 aliphatic heterocycles. The third-order valence-electron chi connectivity index (χ3n) is 15.3. The monoisotopic (exact) mass is 1230 g/mol. The molecule has 7 heterocycles. The number of ether oxygens (including phenoxy) is 13. The van der Waals surface area contributed by atoms with Crippen LogP contribution in [0.4, 0.5) is 0 Å². The number of aliphatic hydroxyl groups excluding tert-OH is 21.